The van der Waals surface area contributed by atoms with Crippen LogP contribution in [-0.4, -0.2) is 27.4 Å². The van der Waals surface area contributed by atoms with E-state index >= 15 is 0 Å². The molecule has 0 unspecified atom stereocenters. The summed E-state index contributed by atoms with van der Waals surface area (Å²) in [6.45, 7) is 1.09. The summed E-state index contributed by atoms with van der Waals surface area (Å²) in [5.74, 6) is 0.350. The van der Waals surface area contributed by atoms with Gasteiger partial charge in [0.2, 0.25) is 0 Å². The number of nitrogens with zero attached hydrogens (tertiary/aromatic N) is 3. The molecule has 0 atom stereocenters. The van der Waals surface area contributed by atoms with Gasteiger partial charge in [-0.3, -0.25) is 9.78 Å². The lowest BCUT2D eigenvalue weighted by Gasteiger charge is -2.07. The first-order chi connectivity index (χ1) is 12.7. The molecule has 2 aromatic heterocycles. The monoisotopic (exact) mass is 367 g/mol. The van der Waals surface area contributed by atoms with E-state index in [9.17, 15) is 4.79 Å². The summed E-state index contributed by atoms with van der Waals surface area (Å²) < 4.78 is 0. The van der Waals surface area contributed by atoms with Gasteiger partial charge in [-0.15, -0.1) is 0 Å². The molecule has 0 spiro atoms. The number of anilines is 1. The fraction of sp³-hybridized carbons (Fsp3) is 0.158. The minimum absolute atomic E-state index is 0.252. The number of amides is 1. The lowest BCUT2D eigenvalue weighted by atomic mass is 10.1. The van der Waals surface area contributed by atoms with Crippen molar-refractivity contribution in [2.24, 2.45) is 0 Å². The van der Waals surface area contributed by atoms with E-state index in [4.69, 9.17) is 11.6 Å². The molecule has 0 fully saturated rings. The highest BCUT2D eigenvalue weighted by Crippen LogP contribution is 2.10. The fourth-order valence-corrected chi connectivity index (χ4v) is 2.55. The second kappa shape index (κ2) is 8.92. The van der Waals surface area contributed by atoms with Crippen LogP contribution in [-0.2, 0) is 13.0 Å². The number of rotatable bonds is 7. The van der Waals surface area contributed by atoms with Gasteiger partial charge in [-0.2, -0.15) is 0 Å². The van der Waals surface area contributed by atoms with Gasteiger partial charge >= 0.3 is 0 Å². The molecule has 2 N–H and O–H groups in total. The molecule has 0 aliphatic heterocycles. The first kappa shape index (κ1) is 17.8. The van der Waals surface area contributed by atoms with Crippen molar-refractivity contribution < 1.29 is 4.79 Å². The van der Waals surface area contributed by atoms with E-state index in [2.05, 4.69) is 25.6 Å². The highest BCUT2D eigenvalue weighted by molar-refractivity contribution is 6.30. The van der Waals surface area contributed by atoms with Crippen molar-refractivity contribution in [2.45, 2.75) is 13.0 Å². The van der Waals surface area contributed by atoms with Gasteiger partial charge in [-0.05, 0) is 35.7 Å². The summed E-state index contributed by atoms with van der Waals surface area (Å²) >= 11 is 5.95. The molecule has 0 aliphatic rings. The van der Waals surface area contributed by atoms with Gasteiger partial charge < -0.3 is 10.6 Å². The van der Waals surface area contributed by atoms with Crippen LogP contribution in [0.15, 0.2) is 61.2 Å². The van der Waals surface area contributed by atoms with E-state index in [0.29, 0.717) is 30.4 Å². The van der Waals surface area contributed by atoms with E-state index in [1.165, 1.54) is 6.20 Å². The maximum Gasteiger partial charge on any atom is 0.271 e. The van der Waals surface area contributed by atoms with E-state index in [-0.39, 0.29) is 11.6 Å². The number of carbonyl (C=O) groups excluding carboxylic acids is 1. The molecule has 2 heterocycles. The van der Waals surface area contributed by atoms with E-state index in [1.54, 1.807) is 18.6 Å². The summed E-state index contributed by atoms with van der Waals surface area (Å²) in [6, 6.07) is 11.4. The first-order valence-corrected chi connectivity index (χ1v) is 8.56. The Hall–Kier alpha value is -2.99. The second-order valence-electron chi connectivity index (χ2n) is 5.64. The number of hydrogen-bond donors (Lipinski definition) is 2. The van der Waals surface area contributed by atoms with Crippen molar-refractivity contribution in [3.8, 4) is 0 Å². The van der Waals surface area contributed by atoms with Crippen molar-refractivity contribution in [2.75, 3.05) is 11.9 Å². The van der Waals surface area contributed by atoms with Gasteiger partial charge in [0.1, 0.15) is 11.5 Å². The van der Waals surface area contributed by atoms with Crippen LogP contribution in [0.5, 0.6) is 0 Å². The van der Waals surface area contributed by atoms with Gasteiger partial charge in [0.25, 0.3) is 5.91 Å². The number of benzene rings is 1. The molecule has 0 saturated heterocycles. The highest BCUT2D eigenvalue weighted by atomic mass is 35.5. The number of hydrogen-bond acceptors (Lipinski definition) is 5. The molecule has 26 heavy (non-hydrogen) atoms. The molecule has 1 amide bonds. The van der Waals surface area contributed by atoms with Gasteiger partial charge in [0, 0.05) is 30.5 Å². The molecule has 0 aliphatic carbocycles. The Labute approximate surface area is 156 Å². The van der Waals surface area contributed by atoms with Gasteiger partial charge in [0.05, 0.1) is 12.4 Å². The molecular weight excluding hydrogens is 350 g/mol. The number of pyridine rings is 1. The van der Waals surface area contributed by atoms with Crippen molar-refractivity contribution >= 4 is 23.3 Å². The van der Waals surface area contributed by atoms with E-state index in [0.717, 1.165) is 11.1 Å². The minimum atomic E-state index is -0.252. The molecule has 1 aromatic carbocycles. The molecular formula is C19H18ClN5O. The van der Waals surface area contributed by atoms with Crippen LogP contribution in [0.4, 0.5) is 5.82 Å². The van der Waals surface area contributed by atoms with Crippen LogP contribution in [0.25, 0.3) is 0 Å². The summed E-state index contributed by atoms with van der Waals surface area (Å²) in [6.07, 6.45) is 7.21. The fourth-order valence-electron chi connectivity index (χ4n) is 2.34. The predicted molar refractivity (Wildman–Crippen MR) is 101 cm³/mol. The molecule has 132 valence electrons. The summed E-state index contributed by atoms with van der Waals surface area (Å²) in [7, 11) is 0. The van der Waals surface area contributed by atoms with Crippen molar-refractivity contribution in [3.05, 3.63) is 83.0 Å². The largest absolute Gasteiger partial charge is 0.365 e. The van der Waals surface area contributed by atoms with Crippen LogP contribution < -0.4 is 10.6 Å². The molecule has 0 bridgehead atoms. The third-order valence-electron chi connectivity index (χ3n) is 3.67. The summed E-state index contributed by atoms with van der Waals surface area (Å²) in [5.41, 5.74) is 2.39. The number of nitrogens with one attached hydrogen (secondary N) is 2. The van der Waals surface area contributed by atoms with Crippen molar-refractivity contribution in [1.82, 2.24) is 20.3 Å². The van der Waals surface area contributed by atoms with Crippen LogP contribution in [0.1, 0.15) is 21.6 Å². The SMILES string of the molecule is O=C(NCCc1cccc(Cl)c1)c1cnc(NCc2cccnc2)cn1. The molecule has 3 aromatic rings. The average Bonchev–Trinajstić information content (AvgIpc) is 2.67. The Bertz CT molecular complexity index is 855. The Morgan fingerprint density at radius 3 is 2.65 bits per heavy atom. The lowest BCUT2D eigenvalue weighted by Crippen LogP contribution is -2.26. The standard InChI is InChI=1S/C19H18ClN5O/c20-16-5-1-3-14(9-16)6-8-22-19(26)17-12-25-18(13-23-17)24-11-15-4-2-7-21-10-15/h1-5,7,9-10,12-13H,6,8,11H2,(H,22,26)(H,24,25). The summed E-state index contributed by atoms with van der Waals surface area (Å²) in [5, 5.41) is 6.66. The zero-order valence-electron chi connectivity index (χ0n) is 14.0. The number of carbonyl (C=O) groups is 1. The third kappa shape index (κ3) is 5.26. The van der Waals surface area contributed by atoms with Gasteiger partial charge in [0.15, 0.2) is 0 Å². The van der Waals surface area contributed by atoms with Gasteiger partial charge in [-0.1, -0.05) is 29.8 Å². The Balaban J connectivity index is 1.47. The molecule has 0 radical (unpaired) electrons. The van der Waals surface area contributed by atoms with Crippen LogP contribution in [0.2, 0.25) is 5.02 Å². The van der Waals surface area contributed by atoms with Crippen molar-refractivity contribution in [1.29, 1.82) is 0 Å². The van der Waals surface area contributed by atoms with Gasteiger partial charge in [-0.25, -0.2) is 9.97 Å². The molecule has 7 heteroatoms. The van der Waals surface area contributed by atoms with Crippen molar-refractivity contribution in [3.63, 3.8) is 0 Å². The Kier molecular flexibility index (Phi) is 6.11. The Morgan fingerprint density at radius 1 is 1.04 bits per heavy atom. The molecule has 0 saturated carbocycles. The smallest absolute Gasteiger partial charge is 0.271 e. The van der Waals surface area contributed by atoms with E-state index in [1.807, 2.05) is 36.4 Å². The highest BCUT2D eigenvalue weighted by Gasteiger charge is 2.07. The normalized spacial score (nSPS) is 10.3. The third-order valence-corrected chi connectivity index (χ3v) is 3.90. The zero-order valence-corrected chi connectivity index (χ0v) is 14.8. The van der Waals surface area contributed by atoms with Crippen LogP contribution in [0, 0.1) is 0 Å². The Morgan fingerprint density at radius 2 is 1.92 bits per heavy atom. The first-order valence-electron chi connectivity index (χ1n) is 8.18. The zero-order chi connectivity index (χ0) is 18.2. The maximum atomic E-state index is 12.1. The lowest BCUT2D eigenvalue weighted by molar-refractivity contribution is 0.0949. The topological polar surface area (TPSA) is 79.8 Å². The number of halogens is 1. The average molecular weight is 368 g/mol. The predicted octanol–water partition coefficient (Wildman–Crippen LogP) is 3.11. The summed E-state index contributed by atoms with van der Waals surface area (Å²) in [4.78, 5) is 24.6. The molecule has 3 rings (SSSR count). The minimum Gasteiger partial charge on any atom is -0.365 e. The molecule has 6 nitrogen and oxygen atoms in total. The second-order valence-corrected chi connectivity index (χ2v) is 6.07. The van der Waals surface area contributed by atoms with Crippen LogP contribution >= 0.6 is 11.6 Å². The van der Waals surface area contributed by atoms with E-state index < -0.39 is 0 Å². The quantitative estimate of drug-likeness (QED) is 0.670. The van der Waals surface area contributed by atoms with Crippen LogP contribution in [0.3, 0.4) is 0 Å². The number of aromatic nitrogens is 3. The maximum absolute atomic E-state index is 12.1.